The van der Waals surface area contributed by atoms with E-state index in [2.05, 4.69) is 0 Å². The topological polar surface area (TPSA) is 57.2 Å². The lowest BCUT2D eigenvalue weighted by atomic mass is 10.1. The number of hydrogen-bond acceptors (Lipinski definition) is 5. The first-order valence-corrected chi connectivity index (χ1v) is 5.36. The van der Waals surface area contributed by atoms with Gasteiger partial charge in [0.2, 0.25) is 6.79 Å². The van der Waals surface area contributed by atoms with Crippen LogP contribution in [-0.2, 0) is 4.74 Å². The number of carbonyl (C=O) groups excluding carboxylic acids is 1. The molecule has 4 rings (SSSR count). The molecule has 3 aliphatic rings. The summed E-state index contributed by atoms with van der Waals surface area (Å²) in [6.07, 6.45) is -0.602. The van der Waals surface area contributed by atoms with Gasteiger partial charge in [0.25, 0.3) is 12.3 Å². The second-order valence-corrected chi connectivity index (χ2v) is 4.00. The number of fused-ring (bicyclic) bond motifs is 3. The van der Waals surface area contributed by atoms with Crippen LogP contribution in [0.25, 0.3) is 0 Å². The fourth-order valence-electron chi connectivity index (χ4n) is 2.19. The Morgan fingerprint density at radius 2 is 2.00 bits per heavy atom. The van der Waals surface area contributed by atoms with Crippen LogP contribution in [0.2, 0.25) is 0 Å². The molecule has 1 unspecified atom stereocenters. The van der Waals surface area contributed by atoms with Gasteiger partial charge in [-0.2, -0.15) is 0 Å². The summed E-state index contributed by atoms with van der Waals surface area (Å²) in [7, 11) is 0. The van der Waals surface area contributed by atoms with Crippen molar-refractivity contribution < 1.29 is 23.7 Å². The largest absolute Gasteiger partial charge is 0.454 e. The summed E-state index contributed by atoms with van der Waals surface area (Å²) >= 11 is 0. The number of benzene rings is 1. The van der Waals surface area contributed by atoms with Crippen molar-refractivity contribution in [3.63, 3.8) is 0 Å². The van der Waals surface area contributed by atoms with Gasteiger partial charge in [-0.15, -0.1) is 0 Å². The van der Waals surface area contributed by atoms with Gasteiger partial charge in [-0.25, -0.2) is 0 Å². The molecule has 1 atom stereocenters. The molecule has 0 aromatic heterocycles. The molecule has 1 fully saturated rings. The molecule has 0 aliphatic carbocycles. The average Bonchev–Trinajstić information content (AvgIpc) is 2.94. The fourth-order valence-corrected chi connectivity index (χ4v) is 2.19. The summed E-state index contributed by atoms with van der Waals surface area (Å²) in [5.41, 5.74) is 0.496. The summed E-state index contributed by atoms with van der Waals surface area (Å²) in [4.78, 5) is 13.7. The highest BCUT2D eigenvalue weighted by atomic mass is 16.7. The highest BCUT2D eigenvalue weighted by Crippen LogP contribution is 2.41. The zero-order valence-corrected chi connectivity index (χ0v) is 8.84. The van der Waals surface area contributed by atoms with E-state index in [9.17, 15) is 4.79 Å². The van der Waals surface area contributed by atoms with Crippen molar-refractivity contribution in [2.24, 2.45) is 0 Å². The summed E-state index contributed by atoms with van der Waals surface area (Å²) in [6.45, 7) is 1.23. The first-order valence-electron chi connectivity index (χ1n) is 5.36. The molecule has 0 radical (unpaired) electrons. The molecular formula is C11H9NO5. The lowest BCUT2D eigenvalue weighted by molar-refractivity contribution is -0.106. The van der Waals surface area contributed by atoms with E-state index in [1.165, 1.54) is 0 Å². The Balaban J connectivity index is 1.84. The molecule has 3 aliphatic heterocycles. The molecule has 88 valence electrons. The van der Waals surface area contributed by atoms with Gasteiger partial charge in [0.15, 0.2) is 11.5 Å². The van der Waals surface area contributed by atoms with Crippen molar-refractivity contribution in [2.75, 3.05) is 19.9 Å². The van der Waals surface area contributed by atoms with Gasteiger partial charge >= 0.3 is 0 Å². The van der Waals surface area contributed by atoms with Gasteiger partial charge in [-0.3, -0.25) is 9.69 Å². The van der Waals surface area contributed by atoms with Crippen molar-refractivity contribution in [1.29, 1.82) is 0 Å². The van der Waals surface area contributed by atoms with Crippen LogP contribution in [0.5, 0.6) is 17.2 Å². The Morgan fingerprint density at radius 1 is 1.18 bits per heavy atom. The quantitative estimate of drug-likeness (QED) is 0.657. The van der Waals surface area contributed by atoms with Crippen molar-refractivity contribution in [3.05, 3.63) is 17.7 Å². The fraction of sp³-hybridized carbons (Fsp3) is 0.364. The SMILES string of the molecule is O=C1c2cc3c(cc2OC2OCCN12)OCO3. The Labute approximate surface area is 96.6 Å². The zero-order chi connectivity index (χ0) is 11.4. The smallest absolute Gasteiger partial charge is 0.286 e. The maximum absolute atomic E-state index is 12.2. The monoisotopic (exact) mass is 235 g/mol. The molecule has 6 nitrogen and oxygen atoms in total. The number of carbonyl (C=O) groups is 1. The summed E-state index contributed by atoms with van der Waals surface area (Å²) in [5.74, 6) is 1.58. The third-order valence-corrected chi connectivity index (χ3v) is 3.04. The molecule has 1 aromatic carbocycles. The molecule has 0 spiro atoms. The van der Waals surface area contributed by atoms with Gasteiger partial charge in [-0.05, 0) is 0 Å². The molecule has 0 saturated carbocycles. The van der Waals surface area contributed by atoms with Gasteiger partial charge in [-0.1, -0.05) is 0 Å². The first-order chi connectivity index (χ1) is 8.33. The van der Waals surface area contributed by atoms with Crippen LogP contribution < -0.4 is 14.2 Å². The Hall–Kier alpha value is -1.95. The van der Waals surface area contributed by atoms with E-state index in [1.807, 2.05) is 0 Å². The van der Waals surface area contributed by atoms with Crippen LogP contribution in [0.3, 0.4) is 0 Å². The van der Waals surface area contributed by atoms with Crippen LogP contribution in [0.1, 0.15) is 10.4 Å². The van der Waals surface area contributed by atoms with Crippen molar-refractivity contribution >= 4 is 5.91 Å². The second-order valence-electron chi connectivity index (χ2n) is 4.00. The summed E-state index contributed by atoms with van der Waals surface area (Å²) in [6, 6.07) is 3.34. The Bertz CT molecular complexity index is 515. The van der Waals surface area contributed by atoms with Crippen molar-refractivity contribution in [2.45, 2.75) is 6.41 Å². The lowest BCUT2D eigenvalue weighted by Crippen LogP contribution is -2.43. The van der Waals surface area contributed by atoms with Crippen LogP contribution in [0.4, 0.5) is 0 Å². The van der Waals surface area contributed by atoms with E-state index in [1.54, 1.807) is 17.0 Å². The van der Waals surface area contributed by atoms with E-state index in [-0.39, 0.29) is 12.7 Å². The molecule has 1 amide bonds. The molecule has 3 heterocycles. The molecule has 6 heteroatoms. The number of amides is 1. The van der Waals surface area contributed by atoms with Crippen LogP contribution in [-0.4, -0.2) is 37.2 Å². The van der Waals surface area contributed by atoms with E-state index in [0.29, 0.717) is 36.0 Å². The van der Waals surface area contributed by atoms with Gasteiger partial charge in [0, 0.05) is 12.1 Å². The highest BCUT2D eigenvalue weighted by molar-refractivity contribution is 5.98. The van der Waals surface area contributed by atoms with E-state index in [4.69, 9.17) is 18.9 Å². The van der Waals surface area contributed by atoms with Gasteiger partial charge < -0.3 is 18.9 Å². The predicted molar refractivity (Wildman–Crippen MR) is 54.0 cm³/mol. The number of ether oxygens (including phenoxy) is 4. The third-order valence-electron chi connectivity index (χ3n) is 3.04. The maximum Gasteiger partial charge on any atom is 0.286 e. The molecule has 0 bridgehead atoms. The number of hydrogen-bond donors (Lipinski definition) is 0. The minimum atomic E-state index is -0.602. The molecule has 0 N–H and O–H groups in total. The lowest BCUT2D eigenvalue weighted by Gasteiger charge is -2.29. The minimum absolute atomic E-state index is 0.0907. The van der Waals surface area contributed by atoms with E-state index < -0.39 is 6.41 Å². The minimum Gasteiger partial charge on any atom is -0.454 e. The Kier molecular flexibility index (Phi) is 1.63. The van der Waals surface area contributed by atoms with E-state index >= 15 is 0 Å². The zero-order valence-electron chi connectivity index (χ0n) is 8.84. The molecular weight excluding hydrogens is 226 g/mol. The average molecular weight is 235 g/mol. The van der Waals surface area contributed by atoms with Crippen molar-refractivity contribution in [1.82, 2.24) is 4.90 Å². The maximum atomic E-state index is 12.2. The molecule has 17 heavy (non-hydrogen) atoms. The third kappa shape index (κ3) is 1.15. The van der Waals surface area contributed by atoms with Crippen molar-refractivity contribution in [3.8, 4) is 17.2 Å². The van der Waals surface area contributed by atoms with E-state index in [0.717, 1.165) is 0 Å². The summed E-state index contributed by atoms with van der Waals surface area (Å²) in [5, 5.41) is 0. The van der Waals surface area contributed by atoms with Crippen LogP contribution in [0, 0.1) is 0 Å². The molecule has 1 aromatic rings. The Morgan fingerprint density at radius 3 is 2.88 bits per heavy atom. The first kappa shape index (κ1) is 9.12. The summed E-state index contributed by atoms with van der Waals surface area (Å²) < 4.78 is 21.4. The molecule has 1 saturated heterocycles. The standard InChI is InChI=1S/C11H9NO5/c13-10-6-3-8-9(16-5-15-8)4-7(6)17-11-12(10)1-2-14-11/h3-4,11H,1-2,5H2. The number of rotatable bonds is 0. The van der Waals surface area contributed by atoms with Gasteiger partial charge in [0.05, 0.1) is 18.7 Å². The number of nitrogens with zero attached hydrogens (tertiary/aromatic N) is 1. The predicted octanol–water partition coefficient (Wildman–Crippen LogP) is 0.564. The normalized spacial score (nSPS) is 24.4. The highest BCUT2D eigenvalue weighted by Gasteiger charge is 2.39. The second kappa shape index (κ2) is 3.04. The van der Waals surface area contributed by atoms with Crippen LogP contribution >= 0.6 is 0 Å². The van der Waals surface area contributed by atoms with Crippen LogP contribution in [0.15, 0.2) is 12.1 Å². The van der Waals surface area contributed by atoms with Gasteiger partial charge in [0.1, 0.15) is 5.75 Å².